The second-order valence-corrected chi connectivity index (χ2v) is 9.18. The molecule has 3 heterocycles. The van der Waals surface area contributed by atoms with Crippen molar-refractivity contribution in [2.45, 2.75) is 26.2 Å². The monoisotopic (exact) mass is 409 g/mol. The standard InChI is InChI=1S/C23H27N3O2S/c1-15(2)13-26-14-16(10-22(26)27)23(28)25-12-19(21-8-5-9-29-21)18-11-24-20-7-4-3-6-17(18)20/h3-9,11,15-16,19,24H,10,12-14H2,1-2H3,(H,25,28)/t16-,19+/m0/s1. The Kier molecular flexibility index (Phi) is 5.72. The molecule has 2 N–H and O–H groups in total. The highest BCUT2D eigenvalue weighted by Crippen LogP contribution is 2.33. The van der Waals surface area contributed by atoms with Crippen LogP contribution in [0.5, 0.6) is 0 Å². The molecule has 1 aliphatic heterocycles. The maximum absolute atomic E-state index is 12.8. The number of benzene rings is 1. The highest BCUT2D eigenvalue weighted by atomic mass is 32.1. The number of likely N-dealkylation sites (tertiary alicyclic amines) is 1. The Morgan fingerprint density at radius 3 is 2.86 bits per heavy atom. The Bertz CT molecular complexity index is 993. The summed E-state index contributed by atoms with van der Waals surface area (Å²) in [5.74, 6) is 0.300. The lowest BCUT2D eigenvalue weighted by Gasteiger charge is -2.20. The van der Waals surface area contributed by atoms with Crippen molar-refractivity contribution in [2.75, 3.05) is 19.6 Å². The Morgan fingerprint density at radius 1 is 1.28 bits per heavy atom. The molecule has 5 nitrogen and oxygen atoms in total. The number of nitrogens with zero attached hydrogens (tertiary/aromatic N) is 1. The van der Waals surface area contributed by atoms with Crippen LogP contribution < -0.4 is 5.32 Å². The highest BCUT2D eigenvalue weighted by molar-refractivity contribution is 7.10. The molecule has 6 heteroatoms. The minimum atomic E-state index is -0.256. The van der Waals surface area contributed by atoms with Gasteiger partial charge in [-0.15, -0.1) is 11.3 Å². The van der Waals surface area contributed by atoms with Crippen molar-refractivity contribution >= 4 is 34.1 Å². The Labute approximate surface area is 175 Å². The SMILES string of the molecule is CC(C)CN1C[C@@H](C(=O)NC[C@@H](c2cccs2)c2c[nH]c3ccccc23)CC1=O. The van der Waals surface area contributed by atoms with Crippen molar-refractivity contribution in [2.24, 2.45) is 11.8 Å². The maximum atomic E-state index is 12.8. The molecule has 2 aromatic heterocycles. The van der Waals surface area contributed by atoms with Gasteiger partial charge in [-0.25, -0.2) is 0 Å². The van der Waals surface area contributed by atoms with Crippen molar-refractivity contribution in [1.82, 2.24) is 15.2 Å². The largest absolute Gasteiger partial charge is 0.361 e. The van der Waals surface area contributed by atoms with Crippen molar-refractivity contribution in [3.05, 3.63) is 58.4 Å². The first-order valence-electron chi connectivity index (χ1n) is 10.2. The number of nitrogens with one attached hydrogen (secondary N) is 2. The molecule has 0 saturated carbocycles. The van der Waals surface area contributed by atoms with Crippen LogP contribution in [0.2, 0.25) is 0 Å². The fourth-order valence-electron chi connectivity index (χ4n) is 4.15. The summed E-state index contributed by atoms with van der Waals surface area (Å²) >= 11 is 1.70. The average molecular weight is 410 g/mol. The van der Waals surface area contributed by atoms with Gasteiger partial charge in [0.25, 0.3) is 0 Å². The number of hydrogen-bond acceptors (Lipinski definition) is 3. The summed E-state index contributed by atoms with van der Waals surface area (Å²) in [6.45, 7) is 5.95. The molecule has 0 bridgehead atoms. The van der Waals surface area contributed by atoms with Gasteiger partial charge in [-0.05, 0) is 29.0 Å². The van der Waals surface area contributed by atoms with Gasteiger partial charge >= 0.3 is 0 Å². The number of thiophene rings is 1. The molecule has 1 saturated heterocycles. The third-order valence-corrected chi connectivity index (χ3v) is 6.52. The first-order chi connectivity index (χ1) is 14.0. The van der Waals surface area contributed by atoms with Crippen molar-refractivity contribution < 1.29 is 9.59 Å². The van der Waals surface area contributed by atoms with Gasteiger partial charge in [0.05, 0.1) is 5.92 Å². The summed E-state index contributed by atoms with van der Waals surface area (Å²) in [6, 6.07) is 12.4. The van der Waals surface area contributed by atoms with E-state index in [1.54, 1.807) is 11.3 Å². The molecule has 0 radical (unpaired) electrons. The van der Waals surface area contributed by atoms with E-state index < -0.39 is 0 Å². The zero-order chi connectivity index (χ0) is 20.4. The normalized spacial score (nSPS) is 18.0. The number of carbonyl (C=O) groups excluding carboxylic acids is 2. The zero-order valence-electron chi connectivity index (χ0n) is 16.9. The number of fused-ring (bicyclic) bond motifs is 1. The van der Waals surface area contributed by atoms with Gasteiger partial charge in [-0.3, -0.25) is 9.59 Å². The van der Waals surface area contributed by atoms with Crippen molar-refractivity contribution in [1.29, 1.82) is 0 Å². The smallest absolute Gasteiger partial charge is 0.225 e. The van der Waals surface area contributed by atoms with Gasteiger partial charge in [-0.2, -0.15) is 0 Å². The summed E-state index contributed by atoms with van der Waals surface area (Å²) in [5.41, 5.74) is 2.29. The van der Waals surface area contributed by atoms with E-state index in [0.29, 0.717) is 25.4 Å². The topological polar surface area (TPSA) is 65.2 Å². The third kappa shape index (κ3) is 4.22. The molecule has 0 spiro atoms. The number of H-pyrrole nitrogens is 1. The second-order valence-electron chi connectivity index (χ2n) is 8.20. The van der Waals surface area contributed by atoms with E-state index >= 15 is 0 Å². The van der Waals surface area contributed by atoms with Crippen LogP contribution in [0.3, 0.4) is 0 Å². The number of carbonyl (C=O) groups is 2. The predicted octanol–water partition coefficient (Wildman–Crippen LogP) is 3.98. The van der Waals surface area contributed by atoms with Gasteiger partial charge in [0.1, 0.15) is 0 Å². The molecule has 0 unspecified atom stereocenters. The summed E-state index contributed by atoms with van der Waals surface area (Å²) in [5, 5.41) is 6.38. The van der Waals surface area contributed by atoms with Gasteiger partial charge < -0.3 is 15.2 Å². The Balaban J connectivity index is 1.48. The quantitative estimate of drug-likeness (QED) is 0.620. The van der Waals surface area contributed by atoms with Crippen molar-refractivity contribution in [3.63, 3.8) is 0 Å². The van der Waals surface area contributed by atoms with Crippen molar-refractivity contribution in [3.8, 4) is 0 Å². The number of aromatic nitrogens is 1. The molecule has 29 heavy (non-hydrogen) atoms. The van der Waals surface area contributed by atoms with E-state index in [-0.39, 0.29) is 23.7 Å². The molecule has 3 aromatic rings. The molecular formula is C23H27N3O2S. The van der Waals surface area contributed by atoms with E-state index in [0.717, 1.165) is 12.1 Å². The fourth-order valence-corrected chi connectivity index (χ4v) is 4.99. The molecule has 4 rings (SSSR count). The summed E-state index contributed by atoms with van der Waals surface area (Å²) in [4.78, 5) is 31.5. The second kappa shape index (κ2) is 8.41. The Morgan fingerprint density at radius 2 is 2.10 bits per heavy atom. The molecule has 1 aromatic carbocycles. The van der Waals surface area contributed by atoms with E-state index in [1.807, 2.05) is 29.3 Å². The first-order valence-corrected chi connectivity index (χ1v) is 11.1. The zero-order valence-corrected chi connectivity index (χ0v) is 17.7. The van der Waals surface area contributed by atoms with Gasteiger partial charge in [-0.1, -0.05) is 38.1 Å². The van der Waals surface area contributed by atoms with E-state index in [1.165, 1.54) is 15.8 Å². The molecule has 2 amide bonds. The van der Waals surface area contributed by atoms with Crippen LogP contribution in [0.1, 0.15) is 36.6 Å². The summed E-state index contributed by atoms with van der Waals surface area (Å²) in [7, 11) is 0. The molecule has 152 valence electrons. The summed E-state index contributed by atoms with van der Waals surface area (Å²) < 4.78 is 0. The minimum absolute atomic E-state index is 0.0222. The fraction of sp³-hybridized carbons (Fsp3) is 0.391. The highest BCUT2D eigenvalue weighted by Gasteiger charge is 2.34. The lowest BCUT2D eigenvalue weighted by Crippen LogP contribution is -2.36. The van der Waals surface area contributed by atoms with Gasteiger partial charge in [0.15, 0.2) is 0 Å². The average Bonchev–Trinajstić information content (AvgIpc) is 3.43. The third-order valence-electron chi connectivity index (χ3n) is 5.53. The van der Waals surface area contributed by atoms with E-state index in [9.17, 15) is 9.59 Å². The minimum Gasteiger partial charge on any atom is -0.361 e. The van der Waals surface area contributed by atoms with Gasteiger partial charge in [0, 0.05) is 53.9 Å². The molecule has 2 atom stereocenters. The lowest BCUT2D eigenvalue weighted by atomic mass is 9.96. The number of para-hydroxylation sites is 1. The molecular weight excluding hydrogens is 382 g/mol. The van der Waals surface area contributed by atoms with E-state index in [4.69, 9.17) is 0 Å². The lowest BCUT2D eigenvalue weighted by molar-refractivity contribution is -0.129. The van der Waals surface area contributed by atoms with Crippen LogP contribution in [0.25, 0.3) is 10.9 Å². The molecule has 1 fully saturated rings. The number of hydrogen-bond donors (Lipinski definition) is 2. The maximum Gasteiger partial charge on any atom is 0.225 e. The molecule has 0 aliphatic carbocycles. The first kappa shape index (κ1) is 19.7. The van der Waals surface area contributed by atoms with Crippen LogP contribution in [0.4, 0.5) is 0 Å². The van der Waals surface area contributed by atoms with Crippen LogP contribution in [-0.2, 0) is 9.59 Å². The van der Waals surface area contributed by atoms with Crippen LogP contribution in [0, 0.1) is 11.8 Å². The predicted molar refractivity (Wildman–Crippen MR) is 117 cm³/mol. The summed E-state index contributed by atoms with van der Waals surface area (Å²) in [6.07, 6.45) is 2.36. The molecule has 1 aliphatic rings. The van der Waals surface area contributed by atoms with Crippen LogP contribution in [-0.4, -0.2) is 41.3 Å². The number of amides is 2. The van der Waals surface area contributed by atoms with Crippen LogP contribution >= 0.6 is 11.3 Å². The number of rotatable bonds is 7. The van der Waals surface area contributed by atoms with E-state index in [2.05, 4.69) is 47.7 Å². The number of aromatic amines is 1. The van der Waals surface area contributed by atoms with Crippen LogP contribution in [0.15, 0.2) is 48.0 Å². The van der Waals surface area contributed by atoms with Gasteiger partial charge in [0.2, 0.25) is 11.8 Å². The Hall–Kier alpha value is -2.60.